The molecule has 0 aliphatic carbocycles. The number of imide groups is 1. The molecule has 0 saturated carbocycles. The minimum Gasteiger partial charge on any atom is -0.287 e. The Morgan fingerprint density at radius 2 is 1.82 bits per heavy atom. The van der Waals surface area contributed by atoms with Crippen molar-refractivity contribution in [2.75, 3.05) is 0 Å². The van der Waals surface area contributed by atoms with Crippen LogP contribution in [0.1, 0.15) is 26.4 Å². The van der Waals surface area contributed by atoms with Crippen LogP contribution in [0.4, 0.5) is 13.2 Å². The van der Waals surface area contributed by atoms with E-state index in [2.05, 4.69) is 9.97 Å². The third-order valence-electron chi connectivity index (χ3n) is 2.56. The maximum atomic E-state index is 12.8. The zero-order chi connectivity index (χ0) is 16.3. The Balaban J connectivity index is 2.23. The van der Waals surface area contributed by atoms with Crippen LogP contribution in [0.15, 0.2) is 36.8 Å². The number of alkyl halides is 3. The lowest BCUT2D eigenvalue weighted by atomic mass is 10.1. The number of amides is 2. The Morgan fingerprint density at radius 3 is 2.41 bits per heavy atom. The largest absolute Gasteiger partial charge is 0.417 e. The third-order valence-corrected chi connectivity index (χ3v) is 2.78. The second-order valence-corrected chi connectivity index (χ2v) is 4.50. The average Bonchev–Trinajstić information content (AvgIpc) is 2.47. The Bertz CT molecular complexity index is 717. The Hall–Kier alpha value is -2.48. The Morgan fingerprint density at radius 1 is 1.09 bits per heavy atom. The van der Waals surface area contributed by atoms with E-state index in [1.807, 2.05) is 5.32 Å². The molecule has 5 nitrogen and oxygen atoms in total. The van der Waals surface area contributed by atoms with Gasteiger partial charge in [0, 0.05) is 18.6 Å². The first-order valence-corrected chi connectivity index (χ1v) is 6.15. The summed E-state index contributed by atoms with van der Waals surface area (Å²) in [5.74, 6) is -2.17. The number of nitrogens with one attached hydrogen (secondary N) is 1. The molecule has 22 heavy (non-hydrogen) atoms. The van der Waals surface area contributed by atoms with Crippen LogP contribution in [0.25, 0.3) is 0 Å². The number of aromatic nitrogens is 2. The average molecular weight is 330 g/mol. The van der Waals surface area contributed by atoms with E-state index in [-0.39, 0.29) is 10.7 Å². The van der Waals surface area contributed by atoms with E-state index in [0.717, 1.165) is 12.4 Å². The van der Waals surface area contributed by atoms with Crippen molar-refractivity contribution in [1.82, 2.24) is 15.3 Å². The molecule has 2 aromatic heterocycles. The first kappa shape index (κ1) is 15.9. The second kappa shape index (κ2) is 6.10. The van der Waals surface area contributed by atoms with Gasteiger partial charge in [0.25, 0.3) is 11.8 Å². The second-order valence-electron chi connectivity index (χ2n) is 4.06. The molecule has 0 aliphatic heterocycles. The molecule has 0 fully saturated rings. The van der Waals surface area contributed by atoms with E-state index in [0.29, 0.717) is 6.07 Å². The smallest absolute Gasteiger partial charge is 0.287 e. The van der Waals surface area contributed by atoms with Crippen molar-refractivity contribution in [3.8, 4) is 0 Å². The molecule has 0 atom stereocenters. The minimum absolute atomic E-state index is 0.157. The van der Waals surface area contributed by atoms with E-state index in [1.165, 1.54) is 18.3 Å². The van der Waals surface area contributed by atoms with Crippen LogP contribution in [-0.4, -0.2) is 21.8 Å². The van der Waals surface area contributed by atoms with E-state index < -0.39 is 29.1 Å². The van der Waals surface area contributed by atoms with Crippen LogP contribution in [0, 0.1) is 0 Å². The molecule has 0 spiro atoms. The SMILES string of the molecule is O=C(NC(=O)c1cnccc1C(F)(F)F)c1ccc(Cl)cn1. The topological polar surface area (TPSA) is 72.0 Å². The summed E-state index contributed by atoms with van der Waals surface area (Å²) < 4.78 is 38.4. The van der Waals surface area contributed by atoms with Crippen molar-refractivity contribution in [3.05, 3.63) is 58.6 Å². The Kier molecular flexibility index (Phi) is 4.41. The summed E-state index contributed by atoms with van der Waals surface area (Å²) in [7, 11) is 0. The van der Waals surface area contributed by atoms with Gasteiger partial charge in [-0.3, -0.25) is 19.9 Å². The van der Waals surface area contributed by atoms with Gasteiger partial charge < -0.3 is 0 Å². The van der Waals surface area contributed by atoms with E-state index >= 15 is 0 Å². The van der Waals surface area contributed by atoms with Crippen molar-refractivity contribution in [2.45, 2.75) is 6.18 Å². The van der Waals surface area contributed by atoms with E-state index in [9.17, 15) is 22.8 Å². The molecule has 2 amide bonds. The maximum absolute atomic E-state index is 12.8. The first-order valence-electron chi connectivity index (χ1n) is 5.77. The van der Waals surface area contributed by atoms with Crippen molar-refractivity contribution in [2.24, 2.45) is 0 Å². The molecule has 2 heterocycles. The molecule has 2 rings (SSSR count). The molecule has 0 unspecified atom stereocenters. The van der Waals surface area contributed by atoms with Crippen LogP contribution in [-0.2, 0) is 6.18 Å². The third kappa shape index (κ3) is 3.59. The fraction of sp³-hybridized carbons (Fsp3) is 0.0769. The monoisotopic (exact) mass is 329 g/mol. The highest BCUT2D eigenvalue weighted by molar-refractivity contribution is 6.30. The number of rotatable bonds is 2. The lowest BCUT2D eigenvalue weighted by Crippen LogP contribution is -2.32. The zero-order valence-corrected chi connectivity index (χ0v) is 11.4. The highest BCUT2D eigenvalue weighted by Gasteiger charge is 2.35. The predicted octanol–water partition coefficient (Wildman–Crippen LogP) is 2.72. The lowest BCUT2D eigenvalue weighted by Gasteiger charge is -2.11. The molecule has 0 bridgehead atoms. The van der Waals surface area contributed by atoms with E-state index in [4.69, 9.17) is 11.6 Å². The summed E-state index contributed by atoms with van der Waals surface area (Å²) in [6, 6.07) is 3.25. The van der Waals surface area contributed by atoms with Gasteiger partial charge in [-0.15, -0.1) is 0 Å². The van der Waals surface area contributed by atoms with Gasteiger partial charge in [-0.1, -0.05) is 11.6 Å². The minimum atomic E-state index is -4.74. The van der Waals surface area contributed by atoms with Crippen LogP contribution >= 0.6 is 11.6 Å². The molecule has 0 saturated heterocycles. The number of pyridine rings is 2. The molecule has 9 heteroatoms. The number of hydrogen-bond donors (Lipinski definition) is 1. The van der Waals surface area contributed by atoms with Gasteiger partial charge in [0.1, 0.15) is 5.69 Å². The predicted molar refractivity (Wildman–Crippen MR) is 70.3 cm³/mol. The Labute approximate surface area is 127 Å². The number of hydrogen-bond acceptors (Lipinski definition) is 4. The van der Waals surface area contributed by atoms with Crippen molar-refractivity contribution < 1.29 is 22.8 Å². The lowest BCUT2D eigenvalue weighted by molar-refractivity contribution is -0.138. The maximum Gasteiger partial charge on any atom is 0.417 e. The molecular weight excluding hydrogens is 323 g/mol. The number of carbonyl (C=O) groups is 2. The summed E-state index contributed by atoms with van der Waals surface area (Å²) in [4.78, 5) is 30.7. The van der Waals surface area contributed by atoms with Crippen LogP contribution in [0.2, 0.25) is 5.02 Å². The number of nitrogens with zero attached hydrogens (tertiary/aromatic N) is 2. The molecule has 1 N–H and O–H groups in total. The molecule has 0 radical (unpaired) electrons. The number of halogens is 4. The fourth-order valence-electron chi connectivity index (χ4n) is 1.57. The van der Waals surface area contributed by atoms with Gasteiger partial charge in [-0.25, -0.2) is 4.98 Å². The van der Waals surface area contributed by atoms with Crippen molar-refractivity contribution in [3.63, 3.8) is 0 Å². The van der Waals surface area contributed by atoms with Crippen molar-refractivity contribution in [1.29, 1.82) is 0 Å². The number of carbonyl (C=O) groups excluding carboxylic acids is 2. The summed E-state index contributed by atoms with van der Waals surface area (Å²) in [6.07, 6.45) is -1.92. The van der Waals surface area contributed by atoms with Crippen LogP contribution in [0.3, 0.4) is 0 Å². The highest BCUT2D eigenvalue weighted by atomic mass is 35.5. The van der Waals surface area contributed by atoms with Crippen molar-refractivity contribution >= 4 is 23.4 Å². The molecule has 0 aliphatic rings. The summed E-state index contributed by atoms with van der Waals surface area (Å²) in [5, 5.41) is 2.09. The van der Waals surface area contributed by atoms with Gasteiger partial charge in [0.05, 0.1) is 16.1 Å². The van der Waals surface area contributed by atoms with Gasteiger partial charge in [-0.2, -0.15) is 13.2 Å². The molecular formula is C13H7ClF3N3O2. The van der Waals surface area contributed by atoms with Crippen LogP contribution in [0.5, 0.6) is 0 Å². The summed E-state index contributed by atoms with van der Waals surface area (Å²) in [6.45, 7) is 0. The quantitative estimate of drug-likeness (QED) is 0.860. The fourth-order valence-corrected chi connectivity index (χ4v) is 1.68. The molecule has 2 aromatic rings. The summed E-state index contributed by atoms with van der Waals surface area (Å²) in [5.41, 5.74) is -2.09. The van der Waals surface area contributed by atoms with Gasteiger partial charge in [0.15, 0.2) is 0 Å². The normalized spacial score (nSPS) is 11.1. The van der Waals surface area contributed by atoms with E-state index in [1.54, 1.807) is 0 Å². The van der Waals surface area contributed by atoms with Gasteiger partial charge >= 0.3 is 6.18 Å². The molecule has 0 aromatic carbocycles. The van der Waals surface area contributed by atoms with Crippen LogP contribution < -0.4 is 5.32 Å². The summed E-state index contributed by atoms with van der Waals surface area (Å²) >= 11 is 5.59. The van der Waals surface area contributed by atoms with Gasteiger partial charge in [0.2, 0.25) is 0 Å². The first-order chi connectivity index (χ1) is 10.3. The zero-order valence-electron chi connectivity index (χ0n) is 10.7. The van der Waals surface area contributed by atoms with Gasteiger partial charge in [-0.05, 0) is 18.2 Å². The highest BCUT2D eigenvalue weighted by Crippen LogP contribution is 2.31. The molecule has 114 valence electrons. The standard InChI is InChI=1S/C13H7ClF3N3O2/c14-7-1-2-10(19-5-7)12(22)20-11(21)8-6-18-4-3-9(8)13(15,16)17/h1-6H,(H,20,21,22).